The van der Waals surface area contributed by atoms with Crippen molar-refractivity contribution in [2.75, 3.05) is 17.7 Å². The highest BCUT2D eigenvalue weighted by Crippen LogP contribution is 2.15. The van der Waals surface area contributed by atoms with Crippen LogP contribution < -0.4 is 10.6 Å². The van der Waals surface area contributed by atoms with Crippen molar-refractivity contribution in [2.45, 2.75) is 19.4 Å². The Hall–Kier alpha value is -2.10. The summed E-state index contributed by atoms with van der Waals surface area (Å²) in [6.07, 6.45) is 4.40. The highest BCUT2D eigenvalue weighted by Gasteiger charge is 2.04. The lowest BCUT2D eigenvalue weighted by Gasteiger charge is -2.15. The predicted molar refractivity (Wildman–Crippen MR) is 77.0 cm³/mol. The van der Waals surface area contributed by atoms with E-state index < -0.39 is 0 Å². The molecule has 1 atom stereocenters. The van der Waals surface area contributed by atoms with Gasteiger partial charge >= 0.3 is 0 Å². The highest BCUT2D eigenvalue weighted by atomic mass is 19.1. The second kappa shape index (κ2) is 6.18. The SMILES string of the molecule is CNc1cncc(NC(C)Cc2ccc(F)cc2)c1. The van der Waals surface area contributed by atoms with Crippen LogP contribution in [-0.2, 0) is 6.42 Å². The van der Waals surface area contributed by atoms with Crippen molar-refractivity contribution < 1.29 is 4.39 Å². The quantitative estimate of drug-likeness (QED) is 0.865. The van der Waals surface area contributed by atoms with E-state index >= 15 is 0 Å². The van der Waals surface area contributed by atoms with Crippen molar-refractivity contribution in [3.63, 3.8) is 0 Å². The van der Waals surface area contributed by atoms with E-state index in [0.29, 0.717) is 0 Å². The molecule has 1 heterocycles. The average molecular weight is 259 g/mol. The molecule has 19 heavy (non-hydrogen) atoms. The molecule has 0 fully saturated rings. The fourth-order valence-corrected chi connectivity index (χ4v) is 1.97. The summed E-state index contributed by atoms with van der Waals surface area (Å²) in [6, 6.07) is 8.87. The maximum atomic E-state index is 12.8. The van der Waals surface area contributed by atoms with E-state index in [1.54, 1.807) is 12.4 Å². The van der Waals surface area contributed by atoms with Gasteiger partial charge in [-0.15, -0.1) is 0 Å². The Morgan fingerprint density at radius 2 is 1.84 bits per heavy atom. The summed E-state index contributed by atoms with van der Waals surface area (Å²) in [5.41, 5.74) is 3.06. The van der Waals surface area contributed by atoms with Crippen molar-refractivity contribution in [3.8, 4) is 0 Å². The summed E-state index contributed by atoms with van der Waals surface area (Å²) < 4.78 is 12.8. The Labute approximate surface area is 112 Å². The second-order valence-electron chi connectivity index (χ2n) is 4.59. The molecule has 2 aromatic rings. The van der Waals surface area contributed by atoms with Gasteiger partial charge < -0.3 is 10.6 Å². The van der Waals surface area contributed by atoms with Crippen molar-refractivity contribution in [2.24, 2.45) is 0 Å². The predicted octanol–water partition coefficient (Wildman–Crippen LogP) is 3.31. The molecular weight excluding hydrogens is 241 g/mol. The first-order chi connectivity index (χ1) is 9.17. The number of rotatable bonds is 5. The fraction of sp³-hybridized carbons (Fsp3) is 0.267. The van der Waals surface area contributed by atoms with E-state index in [2.05, 4.69) is 22.5 Å². The van der Waals surface area contributed by atoms with Gasteiger partial charge in [-0.25, -0.2) is 4.39 Å². The van der Waals surface area contributed by atoms with Gasteiger partial charge in [-0.3, -0.25) is 4.98 Å². The van der Waals surface area contributed by atoms with E-state index in [-0.39, 0.29) is 11.9 Å². The van der Waals surface area contributed by atoms with E-state index in [4.69, 9.17) is 0 Å². The zero-order valence-electron chi connectivity index (χ0n) is 11.2. The van der Waals surface area contributed by atoms with Crippen LogP contribution >= 0.6 is 0 Å². The number of benzene rings is 1. The molecule has 0 radical (unpaired) electrons. The molecule has 4 heteroatoms. The Morgan fingerprint density at radius 3 is 2.53 bits per heavy atom. The van der Waals surface area contributed by atoms with E-state index in [1.807, 2.05) is 25.2 Å². The molecule has 0 saturated heterocycles. The minimum absolute atomic E-state index is 0.199. The van der Waals surface area contributed by atoms with Gasteiger partial charge in [-0.05, 0) is 37.1 Å². The van der Waals surface area contributed by atoms with Crippen molar-refractivity contribution >= 4 is 11.4 Å². The largest absolute Gasteiger partial charge is 0.387 e. The molecule has 1 aromatic carbocycles. The Morgan fingerprint density at radius 1 is 1.16 bits per heavy atom. The summed E-state index contributed by atoms with van der Waals surface area (Å²) >= 11 is 0. The number of anilines is 2. The minimum atomic E-state index is -0.199. The Balaban J connectivity index is 1.96. The molecule has 1 unspecified atom stereocenters. The van der Waals surface area contributed by atoms with Crippen LogP contribution in [0.25, 0.3) is 0 Å². The molecule has 1 aromatic heterocycles. The molecule has 0 aliphatic rings. The van der Waals surface area contributed by atoms with Crippen molar-refractivity contribution in [3.05, 3.63) is 54.1 Å². The number of pyridine rings is 1. The van der Waals surface area contributed by atoms with Gasteiger partial charge in [0.25, 0.3) is 0 Å². The third-order valence-corrected chi connectivity index (χ3v) is 2.90. The van der Waals surface area contributed by atoms with E-state index in [0.717, 1.165) is 23.4 Å². The summed E-state index contributed by atoms with van der Waals surface area (Å²) in [4.78, 5) is 4.15. The smallest absolute Gasteiger partial charge is 0.123 e. The lowest BCUT2D eigenvalue weighted by Crippen LogP contribution is -2.18. The second-order valence-corrected chi connectivity index (χ2v) is 4.59. The molecule has 2 N–H and O–H groups in total. The summed E-state index contributed by atoms with van der Waals surface area (Å²) in [5, 5.41) is 6.44. The Kier molecular flexibility index (Phi) is 4.34. The van der Waals surface area contributed by atoms with E-state index in [1.165, 1.54) is 12.1 Å². The minimum Gasteiger partial charge on any atom is -0.387 e. The zero-order valence-corrected chi connectivity index (χ0v) is 11.2. The molecule has 3 nitrogen and oxygen atoms in total. The first-order valence-electron chi connectivity index (χ1n) is 6.31. The number of hydrogen-bond acceptors (Lipinski definition) is 3. The van der Waals surface area contributed by atoms with Gasteiger partial charge in [0.2, 0.25) is 0 Å². The van der Waals surface area contributed by atoms with Gasteiger partial charge in [0, 0.05) is 13.1 Å². The number of aromatic nitrogens is 1. The number of hydrogen-bond donors (Lipinski definition) is 2. The fourth-order valence-electron chi connectivity index (χ4n) is 1.97. The van der Waals surface area contributed by atoms with Crippen LogP contribution in [0.15, 0.2) is 42.7 Å². The average Bonchev–Trinajstić information content (AvgIpc) is 2.41. The van der Waals surface area contributed by atoms with Gasteiger partial charge in [0.1, 0.15) is 5.82 Å². The van der Waals surface area contributed by atoms with Crippen LogP contribution in [-0.4, -0.2) is 18.1 Å². The van der Waals surface area contributed by atoms with Crippen LogP contribution in [0, 0.1) is 5.82 Å². The Bertz CT molecular complexity index is 525. The van der Waals surface area contributed by atoms with Crippen molar-refractivity contribution in [1.29, 1.82) is 0 Å². The number of nitrogens with zero attached hydrogens (tertiary/aromatic N) is 1. The normalized spacial score (nSPS) is 11.9. The molecule has 0 aliphatic carbocycles. The van der Waals surface area contributed by atoms with Crippen LogP contribution in [0.2, 0.25) is 0 Å². The van der Waals surface area contributed by atoms with Crippen LogP contribution in [0.3, 0.4) is 0 Å². The summed E-state index contributed by atoms with van der Waals surface area (Å²) in [7, 11) is 1.86. The maximum absolute atomic E-state index is 12.8. The molecule has 0 spiro atoms. The summed E-state index contributed by atoms with van der Waals surface area (Å²) in [6.45, 7) is 2.09. The highest BCUT2D eigenvalue weighted by molar-refractivity contribution is 5.54. The lowest BCUT2D eigenvalue weighted by atomic mass is 10.1. The topological polar surface area (TPSA) is 37.0 Å². The molecule has 0 bridgehead atoms. The molecule has 0 saturated carbocycles. The van der Waals surface area contributed by atoms with E-state index in [9.17, 15) is 4.39 Å². The molecule has 0 amide bonds. The van der Waals surface area contributed by atoms with Crippen LogP contribution in [0.5, 0.6) is 0 Å². The molecular formula is C15H18FN3. The summed E-state index contributed by atoms with van der Waals surface area (Å²) in [5.74, 6) is -0.199. The standard InChI is InChI=1S/C15H18FN3/c1-11(7-12-3-5-13(16)6-4-12)19-15-8-14(17-2)9-18-10-15/h3-6,8-11,17,19H,7H2,1-2H3. The van der Waals surface area contributed by atoms with Crippen LogP contribution in [0.4, 0.5) is 15.8 Å². The molecule has 2 rings (SSSR count). The van der Waals surface area contributed by atoms with Gasteiger partial charge in [-0.2, -0.15) is 0 Å². The van der Waals surface area contributed by atoms with Crippen molar-refractivity contribution in [1.82, 2.24) is 4.98 Å². The number of halogens is 1. The van der Waals surface area contributed by atoms with Crippen LogP contribution in [0.1, 0.15) is 12.5 Å². The third kappa shape index (κ3) is 3.95. The first kappa shape index (κ1) is 13.3. The van der Waals surface area contributed by atoms with Gasteiger partial charge in [0.15, 0.2) is 0 Å². The van der Waals surface area contributed by atoms with Gasteiger partial charge in [-0.1, -0.05) is 12.1 Å². The van der Waals surface area contributed by atoms with Gasteiger partial charge in [0.05, 0.1) is 23.8 Å². The zero-order chi connectivity index (χ0) is 13.7. The monoisotopic (exact) mass is 259 g/mol. The maximum Gasteiger partial charge on any atom is 0.123 e. The first-order valence-corrected chi connectivity index (χ1v) is 6.31. The molecule has 0 aliphatic heterocycles. The third-order valence-electron chi connectivity index (χ3n) is 2.90. The number of nitrogens with one attached hydrogen (secondary N) is 2. The molecule has 100 valence electrons. The lowest BCUT2D eigenvalue weighted by molar-refractivity contribution is 0.626.